The number of aromatic nitrogens is 6. The molecule has 0 unspecified atom stereocenters. The summed E-state index contributed by atoms with van der Waals surface area (Å²) in [6.07, 6.45) is 6.96. The maximum absolute atomic E-state index is 5.54. The van der Waals surface area contributed by atoms with Crippen molar-refractivity contribution in [1.82, 2.24) is 29.7 Å². The molecule has 0 bridgehead atoms. The lowest BCUT2D eigenvalue weighted by Gasteiger charge is -2.16. The molecule has 0 saturated heterocycles. The summed E-state index contributed by atoms with van der Waals surface area (Å²) in [7, 11) is 0. The largest absolute Gasteiger partial charge is 0.467 e. The van der Waals surface area contributed by atoms with Crippen molar-refractivity contribution in [2.75, 3.05) is 0 Å². The minimum Gasteiger partial charge on any atom is -0.467 e. The van der Waals surface area contributed by atoms with Gasteiger partial charge in [-0.25, -0.2) is 9.97 Å². The van der Waals surface area contributed by atoms with Gasteiger partial charge in [0, 0.05) is 29.6 Å². The number of furan rings is 1. The maximum Gasteiger partial charge on any atom is 0.198 e. The lowest BCUT2D eigenvalue weighted by molar-refractivity contribution is 0.485. The van der Waals surface area contributed by atoms with Gasteiger partial charge in [0.05, 0.1) is 12.8 Å². The van der Waals surface area contributed by atoms with E-state index in [9.17, 15) is 0 Å². The lowest BCUT2D eigenvalue weighted by atomic mass is 9.96. The van der Waals surface area contributed by atoms with Crippen LogP contribution < -0.4 is 0 Å². The molecule has 0 aliphatic rings. The first kappa shape index (κ1) is 18.4. The summed E-state index contributed by atoms with van der Waals surface area (Å²) in [4.78, 5) is 13.3. The Morgan fingerprint density at radius 1 is 1.07 bits per heavy atom. The molecular weight excluding hydrogens is 372 g/mol. The van der Waals surface area contributed by atoms with Crippen LogP contribution in [0.1, 0.15) is 32.4 Å². The van der Waals surface area contributed by atoms with Crippen molar-refractivity contribution in [2.45, 2.75) is 42.9 Å². The fourth-order valence-corrected chi connectivity index (χ4v) is 3.42. The molecule has 7 nitrogen and oxygen atoms in total. The van der Waals surface area contributed by atoms with E-state index in [1.165, 1.54) is 11.8 Å². The van der Waals surface area contributed by atoms with Crippen molar-refractivity contribution in [3.8, 4) is 11.4 Å². The van der Waals surface area contributed by atoms with E-state index in [1.54, 1.807) is 24.9 Å². The Hall–Kier alpha value is -3.00. The molecule has 8 heteroatoms. The fourth-order valence-electron chi connectivity index (χ4n) is 2.63. The van der Waals surface area contributed by atoms with Crippen LogP contribution in [0.3, 0.4) is 0 Å². The molecule has 0 saturated carbocycles. The molecule has 0 amide bonds. The summed E-state index contributed by atoms with van der Waals surface area (Å²) < 4.78 is 7.55. The Bertz CT molecular complexity index is 1050. The van der Waals surface area contributed by atoms with Crippen molar-refractivity contribution in [3.05, 3.63) is 66.8 Å². The van der Waals surface area contributed by atoms with Gasteiger partial charge in [-0.15, -0.1) is 10.2 Å². The summed E-state index contributed by atoms with van der Waals surface area (Å²) in [5.74, 6) is 2.35. The molecule has 28 heavy (non-hydrogen) atoms. The van der Waals surface area contributed by atoms with Crippen LogP contribution in [0.5, 0.6) is 0 Å². The average molecular weight is 392 g/mol. The number of hydrogen-bond donors (Lipinski definition) is 0. The van der Waals surface area contributed by atoms with Gasteiger partial charge in [-0.05, 0) is 42.1 Å². The van der Waals surface area contributed by atoms with E-state index in [0.29, 0.717) is 6.54 Å². The SMILES string of the molecule is CC(C)(C)c1nccc(Sc2nnc(-c3cccnc3)n2Cc2ccco2)n1. The molecule has 4 aromatic heterocycles. The van der Waals surface area contributed by atoms with Crippen LogP contribution in [0.15, 0.2) is 69.8 Å². The molecule has 0 atom stereocenters. The van der Waals surface area contributed by atoms with E-state index >= 15 is 0 Å². The zero-order valence-corrected chi connectivity index (χ0v) is 16.7. The molecule has 0 aromatic carbocycles. The van der Waals surface area contributed by atoms with Crippen LogP contribution in [0, 0.1) is 0 Å². The third-order valence-corrected chi connectivity index (χ3v) is 4.95. The Morgan fingerprint density at radius 2 is 1.96 bits per heavy atom. The van der Waals surface area contributed by atoms with E-state index in [4.69, 9.17) is 9.40 Å². The molecule has 0 aliphatic heterocycles. The van der Waals surface area contributed by atoms with Crippen molar-refractivity contribution in [1.29, 1.82) is 0 Å². The van der Waals surface area contributed by atoms with Crippen molar-refractivity contribution in [3.63, 3.8) is 0 Å². The van der Waals surface area contributed by atoms with Crippen molar-refractivity contribution in [2.24, 2.45) is 0 Å². The van der Waals surface area contributed by atoms with Crippen LogP contribution in [0.2, 0.25) is 0 Å². The third-order valence-electron chi connectivity index (χ3n) is 4.03. The van der Waals surface area contributed by atoms with Gasteiger partial charge in [-0.2, -0.15) is 0 Å². The second-order valence-electron chi connectivity index (χ2n) is 7.28. The van der Waals surface area contributed by atoms with Gasteiger partial charge in [0.2, 0.25) is 0 Å². The third kappa shape index (κ3) is 3.96. The molecule has 4 heterocycles. The molecule has 0 spiro atoms. The summed E-state index contributed by atoms with van der Waals surface area (Å²) in [5, 5.41) is 10.4. The number of nitrogens with zero attached hydrogens (tertiary/aromatic N) is 6. The van der Waals surface area contributed by atoms with Crippen LogP contribution in [0.4, 0.5) is 0 Å². The predicted octanol–water partition coefficient (Wildman–Crippen LogP) is 4.22. The second kappa shape index (κ2) is 7.55. The molecule has 0 fully saturated rings. The fraction of sp³-hybridized carbons (Fsp3) is 0.250. The molecule has 142 valence electrons. The maximum atomic E-state index is 5.54. The number of hydrogen-bond acceptors (Lipinski definition) is 7. The van der Waals surface area contributed by atoms with Crippen LogP contribution in [-0.4, -0.2) is 29.7 Å². The van der Waals surface area contributed by atoms with Gasteiger partial charge < -0.3 is 4.42 Å². The first-order chi connectivity index (χ1) is 13.5. The molecule has 0 radical (unpaired) electrons. The van der Waals surface area contributed by atoms with Gasteiger partial charge >= 0.3 is 0 Å². The Kier molecular flexibility index (Phi) is 4.95. The monoisotopic (exact) mass is 392 g/mol. The topological polar surface area (TPSA) is 82.5 Å². The highest BCUT2D eigenvalue weighted by Crippen LogP contribution is 2.30. The van der Waals surface area contributed by atoms with E-state index in [1.807, 2.05) is 34.9 Å². The van der Waals surface area contributed by atoms with E-state index in [0.717, 1.165) is 33.2 Å². The van der Waals surface area contributed by atoms with Gasteiger partial charge in [0.25, 0.3) is 0 Å². The van der Waals surface area contributed by atoms with Crippen LogP contribution in [-0.2, 0) is 12.0 Å². The zero-order chi connectivity index (χ0) is 19.6. The normalized spacial score (nSPS) is 11.7. The van der Waals surface area contributed by atoms with Gasteiger partial charge in [-0.1, -0.05) is 20.8 Å². The summed E-state index contributed by atoms with van der Waals surface area (Å²) in [6, 6.07) is 9.54. The second-order valence-corrected chi connectivity index (χ2v) is 8.27. The van der Waals surface area contributed by atoms with Crippen molar-refractivity contribution < 1.29 is 4.42 Å². The molecule has 4 rings (SSSR count). The zero-order valence-electron chi connectivity index (χ0n) is 15.9. The average Bonchev–Trinajstić information content (AvgIpc) is 3.33. The Labute approximate surface area is 167 Å². The summed E-state index contributed by atoms with van der Waals surface area (Å²) in [6.45, 7) is 6.80. The van der Waals surface area contributed by atoms with Crippen LogP contribution >= 0.6 is 11.8 Å². The minimum absolute atomic E-state index is 0.126. The number of rotatable bonds is 5. The van der Waals surface area contributed by atoms with Gasteiger partial charge in [0.1, 0.15) is 16.6 Å². The first-order valence-corrected chi connectivity index (χ1v) is 9.70. The van der Waals surface area contributed by atoms with Gasteiger partial charge in [-0.3, -0.25) is 9.55 Å². The highest BCUT2D eigenvalue weighted by atomic mass is 32.2. The number of pyridine rings is 1. The van der Waals surface area contributed by atoms with E-state index < -0.39 is 0 Å². The molecular formula is C20H20N6OS. The Balaban J connectivity index is 1.72. The van der Waals surface area contributed by atoms with Gasteiger partial charge in [0.15, 0.2) is 11.0 Å². The molecule has 0 aliphatic carbocycles. The highest BCUT2D eigenvalue weighted by molar-refractivity contribution is 7.99. The standard InChI is InChI=1S/C20H20N6OS/c1-20(2,3)18-22-10-8-16(23-18)28-19-25-24-17(14-6-4-9-21-12-14)26(19)13-15-7-5-11-27-15/h4-12H,13H2,1-3H3. The highest BCUT2D eigenvalue weighted by Gasteiger charge is 2.20. The smallest absolute Gasteiger partial charge is 0.198 e. The predicted molar refractivity (Wildman–Crippen MR) is 106 cm³/mol. The minimum atomic E-state index is -0.126. The lowest BCUT2D eigenvalue weighted by Crippen LogP contribution is -2.16. The molecule has 0 N–H and O–H groups in total. The summed E-state index contributed by atoms with van der Waals surface area (Å²) >= 11 is 1.46. The van der Waals surface area contributed by atoms with E-state index in [2.05, 4.69) is 40.9 Å². The Morgan fingerprint density at radius 3 is 2.68 bits per heavy atom. The summed E-state index contributed by atoms with van der Waals surface area (Å²) in [5.41, 5.74) is 0.769. The van der Waals surface area contributed by atoms with Crippen molar-refractivity contribution >= 4 is 11.8 Å². The first-order valence-electron chi connectivity index (χ1n) is 8.88. The molecule has 4 aromatic rings. The van der Waals surface area contributed by atoms with Crippen LogP contribution in [0.25, 0.3) is 11.4 Å². The van der Waals surface area contributed by atoms with E-state index in [-0.39, 0.29) is 5.41 Å². The quantitative estimate of drug-likeness (QED) is 0.470.